The molecule has 4 N–H and O–H groups in total. The maximum absolute atomic E-state index is 13.5. The fourth-order valence-electron chi connectivity index (χ4n) is 8.72. The number of pyridine rings is 1. The van der Waals surface area contributed by atoms with E-state index in [0.717, 1.165) is 54.9 Å². The van der Waals surface area contributed by atoms with Gasteiger partial charge in [0.15, 0.2) is 0 Å². The van der Waals surface area contributed by atoms with Crippen LogP contribution in [0.25, 0.3) is 10.9 Å². The average molecular weight is 813 g/mol. The van der Waals surface area contributed by atoms with Crippen LogP contribution in [0.4, 0.5) is 27.8 Å². The predicted octanol–water partition coefficient (Wildman–Crippen LogP) is 3.74. The molecule has 0 bridgehead atoms. The van der Waals surface area contributed by atoms with Gasteiger partial charge in [-0.3, -0.25) is 34.4 Å². The van der Waals surface area contributed by atoms with E-state index in [2.05, 4.69) is 59.0 Å². The Morgan fingerprint density at radius 3 is 2.43 bits per heavy atom. The Kier molecular flexibility index (Phi) is 11.6. The van der Waals surface area contributed by atoms with E-state index in [1.165, 1.54) is 0 Å². The number of imide groups is 2. The van der Waals surface area contributed by atoms with E-state index in [9.17, 15) is 29.2 Å². The van der Waals surface area contributed by atoms with Crippen LogP contribution in [0.5, 0.6) is 0 Å². The molecule has 0 radical (unpaired) electrons. The Labute approximate surface area is 347 Å². The topological polar surface area (TPSA) is 209 Å². The van der Waals surface area contributed by atoms with Gasteiger partial charge >= 0.3 is 6.03 Å². The second-order valence-electron chi connectivity index (χ2n) is 16.0. The van der Waals surface area contributed by atoms with Gasteiger partial charge in [-0.15, -0.1) is 0 Å². The van der Waals surface area contributed by atoms with Crippen molar-refractivity contribution in [2.45, 2.75) is 64.1 Å². The number of hydrogen-bond donors (Lipinski definition) is 4. The number of urea groups is 1. The van der Waals surface area contributed by atoms with Gasteiger partial charge in [-0.05, 0) is 94.5 Å². The lowest BCUT2D eigenvalue weighted by atomic mass is 9.94. The molecule has 0 aliphatic carbocycles. The van der Waals surface area contributed by atoms with Crippen LogP contribution >= 0.6 is 0 Å². The number of nitrogens with one attached hydrogen (secondary N) is 4. The summed E-state index contributed by atoms with van der Waals surface area (Å²) in [7, 11) is 0. The number of amides is 6. The second kappa shape index (κ2) is 17.3. The summed E-state index contributed by atoms with van der Waals surface area (Å²) < 4.78 is 0. The van der Waals surface area contributed by atoms with Gasteiger partial charge in [0.2, 0.25) is 17.8 Å². The van der Waals surface area contributed by atoms with Crippen LogP contribution in [0.15, 0.2) is 61.1 Å². The summed E-state index contributed by atoms with van der Waals surface area (Å²) in [6, 6.07) is 13.7. The molecule has 2 aromatic heterocycles. The first-order valence-electron chi connectivity index (χ1n) is 20.6. The molecule has 0 spiro atoms. The van der Waals surface area contributed by atoms with Gasteiger partial charge in [0.05, 0.1) is 40.3 Å². The molecular weight excluding hydrogens is 765 g/mol. The number of benzene rings is 2. The minimum Gasteiger partial charge on any atom is -0.384 e. The minimum atomic E-state index is -0.985. The summed E-state index contributed by atoms with van der Waals surface area (Å²) in [5.74, 6) is -0.844. The Morgan fingerprint density at radius 1 is 0.883 bits per heavy atom. The number of anilines is 4. The van der Waals surface area contributed by atoms with Crippen molar-refractivity contribution >= 4 is 63.6 Å². The van der Waals surface area contributed by atoms with Crippen molar-refractivity contribution < 1.29 is 24.0 Å². The minimum absolute atomic E-state index is 0.0341. The molecule has 3 fully saturated rings. The number of piperazine rings is 1. The van der Waals surface area contributed by atoms with E-state index in [1.807, 2.05) is 36.1 Å². The van der Waals surface area contributed by atoms with Crippen molar-refractivity contribution in [3.05, 3.63) is 77.7 Å². The molecule has 17 heteroatoms. The molecule has 1 unspecified atom stereocenters. The summed E-state index contributed by atoms with van der Waals surface area (Å²) >= 11 is 0. The monoisotopic (exact) mass is 812 g/mol. The standard InChI is InChI=1S/C43H48N12O5/c1-26-25-54(27(2)24-53(26)35-8-5-29(21-44)38-33(35)4-3-14-47-38)43(60)50-31-22-48-42(49-23-31)52-18-12-28(13-19-52)11-15-45-16-17-46-30-6-7-32-34(20-30)41(59)55(40(32)58)36-9-10-37(56)51-39(36)57/h3-8,14,20,22-23,26-28,36,45-46H,9-13,15-19,24-25H2,1-2H3,(H,50,60)(H,51,56,57)/t26-,27+,36?/m0/s1. The molecule has 3 saturated heterocycles. The molecule has 6 amide bonds. The van der Waals surface area contributed by atoms with Crippen LogP contribution < -0.4 is 31.1 Å². The number of carbonyl (C=O) groups excluding carboxylic acids is 5. The molecular formula is C43H48N12O5. The molecule has 6 heterocycles. The van der Waals surface area contributed by atoms with Crippen LogP contribution in [0.3, 0.4) is 0 Å². The van der Waals surface area contributed by atoms with Gasteiger partial charge in [0.1, 0.15) is 12.1 Å². The molecule has 3 atom stereocenters. The van der Waals surface area contributed by atoms with Crippen LogP contribution in [0.1, 0.15) is 72.2 Å². The van der Waals surface area contributed by atoms with Crippen LogP contribution in [0, 0.1) is 17.2 Å². The van der Waals surface area contributed by atoms with Crippen molar-refractivity contribution in [3.8, 4) is 6.07 Å². The largest absolute Gasteiger partial charge is 0.384 e. The highest BCUT2D eigenvalue weighted by Crippen LogP contribution is 2.33. The van der Waals surface area contributed by atoms with Crippen molar-refractivity contribution in [3.63, 3.8) is 0 Å². The summed E-state index contributed by atoms with van der Waals surface area (Å²) in [5.41, 5.74) is 3.99. The van der Waals surface area contributed by atoms with Crippen LogP contribution in [0.2, 0.25) is 0 Å². The van der Waals surface area contributed by atoms with E-state index in [4.69, 9.17) is 0 Å². The summed E-state index contributed by atoms with van der Waals surface area (Å²) in [6.45, 7) is 9.18. The first-order chi connectivity index (χ1) is 29.1. The fraction of sp³-hybridized carbons (Fsp3) is 0.419. The Hall–Kier alpha value is -6.67. The van der Waals surface area contributed by atoms with Gasteiger partial charge < -0.3 is 30.7 Å². The molecule has 60 heavy (non-hydrogen) atoms. The molecule has 4 aromatic rings. The SMILES string of the molecule is C[C@@H]1CN(c2ccc(C#N)c3ncccc23)[C@@H](C)CN1C(=O)Nc1cnc(N2CCC(CCNCCNc3ccc4c(c3)C(=O)N(C3CCC(=O)NC3=O)C4=O)CC2)nc1. The van der Waals surface area contributed by atoms with Crippen LogP contribution in [-0.4, -0.2) is 118 Å². The number of nitriles is 1. The number of rotatable bonds is 11. The van der Waals surface area contributed by atoms with E-state index in [0.29, 0.717) is 60.5 Å². The molecule has 4 aliphatic rings. The smallest absolute Gasteiger partial charge is 0.322 e. The highest BCUT2D eigenvalue weighted by molar-refractivity contribution is 6.23. The lowest BCUT2D eigenvalue weighted by molar-refractivity contribution is -0.136. The maximum Gasteiger partial charge on any atom is 0.322 e. The van der Waals surface area contributed by atoms with Crippen molar-refractivity contribution in [2.24, 2.45) is 5.92 Å². The maximum atomic E-state index is 13.5. The molecule has 4 aliphatic heterocycles. The van der Waals surface area contributed by atoms with Crippen molar-refractivity contribution in [2.75, 3.05) is 66.2 Å². The highest BCUT2D eigenvalue weighted by Gasteiger charge is 2.44. The lowest BCUT2D eigenvalue weighted by Gasteiger charge is -2.45. The quantitative estimate of drug-likeness (QED) is 0.126. The number of hydrogen-bond acceptors (Lipinski definition) is 13. The first kappa shape index (κ1) is 40.1. The molecule has 310 valence electrons. The van der Waals surface area contributed by atoms with Crippen molar-refractivity contribution in [1.29, 1.82) is 5.26 Å². The summed E-state index contributed by atoms with van der Waals surface area (Å²) in [6.07, 6.45) is 8.33. The van der Waals surface area contributed by atoms with E-state index >= 15 is 0 Å². The molecule has 17 nitrogen and oxygen atoms in total. The predicted molar refractivity (Wildman–Crippen MR) is 225 cm³/mol. The van der Waals surface area contributed by atoms with Crippen molar-refractivity contribution in [1.82, 2.24) is 35.4 Å². The Balaban J connectivity index is 0.739. The third kappa shape index (κ3) is 8.15. The number of aromatic nitrogens is 3. The Morgan fingerprint density at radius 2 is 1.67 bits per heavy atom. The lowest BCUT2D eigenvalue weighted by Crippen LogP contribution is -2.59. The number of nitrogens with zero attached hydrogens (tertiary/aromatic N) is 8. The van der Waals surface area contributed by atoms with E-state index in [-0.39, 0.29) is 42.1 Å². The third-order valence-corrected chi connectivity index (χ3v) is 12.0. The van der Waals surface area contributed by atoms with E-state index < -0.39 is 29.7 Å². The van der Waals surface area contributed by atoms with Gasteiger partial charge in [-0.2, -0.15) is 5.26 Å². The van der Waals surface area contributed by atoms with Gasteiger partial charge in [0, 0.05) is 80.7 Å². The zero-order chi connectivity index (χ0) is 41.9. The van der Waals surface area contributed by atoms with E-state index in [1.54, 1.807) is 36.8 Å². The Bertz CT molecular complexity index is 2360. The van der Waals surface area contributed by atoms with Gasteiger partial charge in [0.25, 0.3) is 11.8 Å². The number of piperidine rings is 2. The van der Waals surface area contributed by atoms with Gasteiger partial charge in [-0.25, -0.2) is 14.8 Å². The van der Waals surface area contributed by atoms with Gasteiger partial charge in [-0.1, -0.05) is 0 Å². The average Bonchev–Trinajstić information content (AvgIpc) is 3.50. The second-order valence-corrected chi connectivity index (χ2v) is 16.0. The fourth-order valence-corrected chi connectivity index (χ4v) is 8.72. The molecule has 2 aromatic carbocycles. The number of fused-ring (bicyclic) bond motifs is 2. The number of carbonyl (C=O) groups is 5. The third-order valence-electron chi connectivity index (χ3n) is 12.0. The highest BCUT2D eigenvalue weighted by atomic mass is 16.2. The normalized spacial score (nSPS) is 20.9. The molecule has 8 rings (SSSR count). The zero-order valence-electron chi connectivity index (χ0n) is 33.7. The van der Waals surface area contributed by atoms with Crippen LogP contribution in [-0.2, 0) is 9.59 Å². The summed E-state index contributed by atoms with van der Waals surface area (Å²) in [5, 5.41) is 22.5. The first-order valence-corrected chi connectivity index (χ1v) is 20.6. The summed E-state index contributed by atoms with van der Waals surface area (Å²) in [4.78, 5) is 84.3. The zero-order valence-corrected chi connectivity index (χ0v) is 33.7. The molecule has 0 saturated carbocycles.